The van der Waals surface area contributed by atoms with Gasteiger partial charge in [-0.05, 0) is 90.6 Å². The molecule has 1 unspecified atom stereocenters. The second-order valence-corrected chi connectivity index (χ2v) is 22.6. The molecule has 0 saturated heterocycles. The predicted molar refractivity (Wildman–Crippen MR) is 156 cm³/mol. The van der Waals surface area contributed by atoms with Gasteiger partial charge in [-0.3, -0.25) is 4.79 Å². The Labute approximate surface area is 219 Å². The van der Waals surface area contributed by atoms with Crippen molar-refractivity contribution >= 4 is 22.4 Å². The number of carbonyl (C=O) groups is 1. The molecule has 0 aliphatic heterocycles. The number of aryl methyl sites for hydroxylation is 1. The molecule has 0 bridgehead atoms. The van der Waals surface area contributed by atoms with Crippen molar-refractivity contribution in [3.63, 3.8) is 0 Å². The van der Waals surface area contributed by atoms with Crippen LogP contribution in [0.15, 0.2) is 6.07 Å². The molecule has 1 aromatic rings. The summed E-state index contributed by atoms with van der Waals surface area (Å²) in [6.45, 7) is 28.6. The number of Topliss-reactive ketones (excluding diaryl/α,β-unsaturated/α-hetero) is 1. The van der Waals surface area contributed by atoms with Gasteiger partial charge < -0.3 is 8.85 Å². The van der Waals surface area contributed by atoms with Crippen molar-refractivity contribution in [1.29, 1.82) is 0 Å². The van der Waals surface area contributed by atoms with E-state index in [0.29, 0.717) is 23.2 Å². The van der Waals surface area contributed by atoms with Crippen molar-refractivity contribution in [2.45, 2.75) is 131 Å². The molecule has 0 N–H and O–H groups in total. The monoisotopic (exact) mass is 518 g/mol. The predicted octanol–water partition coefficient (Wildman–Crippen LogP) is 8.80. The summed E-state index contributed by atoms with van der Waals surface area (Å²) in [4.78, 5) is 13.8. The van der Waals surface area contributed by atoms with E-state index in [4.69, 9.17) is 8.85 Å². The van der Waals surface area contributed by atoms with Gasteiger partial charge in [-0.2, -0.15) is 0 Å². The lowest BCUT2D eigenvalue weighted by molar-refractivity contribution is 0.0737. The Kier molecular flexibility index (Phi) is 10.2. The smallest absolute Gasteiger partial charge is 0.200 e. The molecule has 1 atom stereocenters. The van der Waals surface area contributed by atoms with Gasteiger partial charge in [-0.15, -0.1) is 0 Å². The SMILES string of the molecule is CC[Si](CC)(CC)OCC1(C)Cc2cc(C)c(CCO[Si](C(C)C)(C(C)C)C(C)C)c(C)c2C1=O. The first kappa shape index (κ1) is 30.5. The van der Waals surface area contributed by atoms with E-state index in [-0.39, 0.29) is 5.78 Å². The van der Waals surface area contributed by atoms with E-state index in [0.717, 1.165) is 43.1 Å². The van der Waals surface area contributed by atoms with E-state index in [1.165, 1.54) is 22.3 Å². The van der Waals surface area contributed by atoms with Crippen molar-refractivity contribution in [3.05, 3.63) is 33.9 Å². The van der Waals surface area contributed by atoms with Crippen LogP contribution in [0, 0.1) is 19.3 Å². The maximum absolute atomic E-state index is 13.8. The summed E-state index contributed by atoms with van der Waals surface area (Å²) in [5.74, 6) is 0.286. The number of rotatable bonds is 13. The van der Waals surface area contributed by atoms with Gasteiger partial charge in [0.2, 0.25) is 0 Å². The van der Waals surface area contributed by atoms with Gasteiger partial charge in [0, 0.05) is 18.8 Å². The van der Waals surface area contributed by atoms with Crippen molar-refractivity contribution < 1.29 is 13.6 Å². The Bertz CT molecular complexity index is 856. The Hall–Kier alpha value is -0.756. The van der Waals surface area contributed by atoms with Crippen molar-refractivity contribution in [3.8, 4) is 0 Å². The fraction of sp³-hybridized carbons (Fsp3) is 0.767. The molecule has 0 spiro atoms. The third-order valence-electron chi connectivity index (χ3n) is 9.41. The van der Waals surface area contributed by atoms with E-state index < -0.39 is 22.0 Å². The van der Waals surface area contributed by atoms with Gasteiger partial charge in [0.1, 0.15) is 0 Å². The quantitative estimate of drug-likeness (QED) is 0.245. The molecule has 0 amide bonds. The van der Waals surface area contributed by atoms with Crippen LogP contribution in [0.3, 0.4) is 0 Å². The highest BCUT2D eigenvalue weighted by Crippen LogP contribution is 2.44. The summed E-state index contributed by atoms with van der Waals surface area (Å²) >= 11 is 0. The topological polar surface area (TPSA) is 35.5 Å². The minimum atomic E-state index is -1.89. The first-order chi connectivity index (χ1) is 16.2. The number of carbonyl (C=O) groups excluding carboxylic acids is 1. The standard InChI is InChI=1S/C30H54O3Si2/c1-13-34(14-2,15-3)33-20-30(12)19-26-18-24(10)27(25(11)28(26)29(30)31)16-17-32-35(21(4)5,22(6)7)23(8)9/h18,21-23H,13-17,19-20H2,1-12H3. The average molecular weight is 519 g/mol. The van der Waals surface area contributed by atoms with Crippen LogP contribution in [0.5, 0.6) is 0 Å². The molecule has 0 aromatic heterocycles. The molecule has 1 aliphatic carbocycles. The first-order valence-electron chi connectivity index (χ1n) is 14.2. The van der Waals surface area contributed by atoms with Crippen molar-refractivity contribution in [1.82, 2.24) is 0 Å². The molecule has 0 radical (unpaired) electrons. The lowest BCUT2D eigenvalue weighted by atomic mass is 9.86. The zero-order valence-corrected chi connectivity index (χ0v) is 27.0. The van der Waals surface area contributed by atoms with Crippen LogP contribution >= 0.6 is 0 Å². The van der Waals surface area contributed by atoms with Crippen LogP contribution in [-0.2, 0) is 21.7 Å². The van der Waals surface area contributed by atoms with E-state index in [1.54, 1.807) is 0 Å². The third kappa shape index (κ3) is 5.73. The van der Waals surface area contributed by atoms with Gasteiger partial charge in [0.15, 0.2) is 22.4 Å². The Morgan fingerprint density at radius 1 is 0.914 bits per heavy atom. The average Bonchev–Trinajstić information content (AvgIpc) is 3.03. The summed E-state index contributed by atoms with van der Waals surface area (Å²) in [5, 5.41) is 0. The lowest BCUT2D eigenvalue weighted by Crippen LogP contribution is -2.48. The molecule has 3 nitrogen and oxygen atoms in total. The molecule has 1 aliphatic rings. The normalized spacial score (nSPS) is 18.9. The van der Waals surface area contributed by atoms with Crippen molar-refractivity contribution in [2.75, 3.05) is 13.2 Å². The Morgan fingerprint density at radius 2 is 1.43 bits per heavy atom. The number of hydrogen-bond acceptors (Lipinski definition) is 3. The van der Waals surface area contributed by atoms with Crippen LogP contribution < -0.4 is 0 Å². The number of ketones is 1. The molecular formula is C30H54O3Si2. The van der Waals surface area contributed by atoms with Crippen LogP contribution in [0.25, 0.3) is 0 Å². The summed E-state index contributed by atoms with van der Waals surface area (Å²) in [6, 6.07) is 5.64. The van der Waals surface area contributed by atoms with Gasteiger partial charge in [-0.25, -0.2) is 0 Å². The van der Waals surface area contributed by atoms with Gasteiger partial charge >= 0.3 is 0 Å². The molecule has 35 heavy (non-hydrogen) atoms. The molecule has 0 heterocycles. The Morgan fingerprint density at radius 3 is 1.89 bits per heavy atom. The molecule has 5 heteroatoms. The van der Waals surface area contributed by atoms with E-state index >= 15 is 0 Å². The second-order valence-electron chi connectivity index (χ2n) is 12.3. The number of hydrogen-bond donors (Lipinski definition) is 0. The molecule has 1 aromatic carbocycles. The highest BCUT2D eigenvalue weighted by atomic mass is 28.4. The summed E-state index contributed by atoms with van der Waals surface area (Å²) < 4.78 is 13.5. The van der Waals surface area contributed by atoms with Crippen LogP contribution in [0.1, 0.15) is 102 Å². The van der Waals surface area contributed by atoms with Gasteiger partial charge in [0.05, 0.1) is 5.41 Å². The van der Waals surface area contributed by atoms with Crippen LogP contribution in [0.2, 0.25) is 34.8 Å². The summed E-state index contributed by atoms with van der Waals surface area (Å²) in [7, 11) is -3.62. The van der Waals surface area contributed by atoms with Gasteiger partial charge in [0.25, 0.3) is 0 Å². The zero-order chi connectivity index (χ0) is 26.8. The molecule has 0 saturated carbocycles. The highest BCUT2D eigenvalue weighted by Gasteiger charge is 2.46. The molecular weight excluding hydrogens is 464 g/mol. The maximum Gasteiger partial charge on any atom is 0.200 e. The lowest BCUT2D eigenvalue weighted by Gasteiger charge is -2.42. The fourth-order valence-corrected chi connectivity index (χ4v) is 15.3. The summed E-state index contributed by atoms with van der Waals surface area (Å²) in [5.41, 5.74) is 7.26. The second kappa shape index (κ2) is 11.7. The molecule has 0 fully saturated rings. The maximum atomic E-state index is 13.8. The first-order valence-corrected chi connectivity index (χ1v) is 18.9. The minimum absolute atomic E-state index is 0.286. The number of benzene rings is 1. The zero-order valence-electron chi connectivity index (χ0n) is 25.0. The van der Waals surface area contributed by atoms with Gasteiger partial charge in [-0.1, -0.05) is 68.4 Å². The largest absolute Gasteiger partial charge is 0.416 e. The Balaban J connectivity index is 2.27. The number of fused-ring (bicyclic) bond motifs is 1. The van der Waals surface area contributed by atoms with Crippen LogP contribution in [-0.4, -0.2) is 35.6 Å². The van der Waals surface area contributed by atoms with Crippen LogP contribution in [0.4, 0.5) is 0 Å². The van der Waals surface area contributed by atoms with E-state index in [1.807, 2.05) is 0 Å². The van der Waals surface area contributed by atoms with E-state index in [2.05, 4.69) is 89.2 Å². The minimum Gasteiger partial charge on any atom is -0.416 e. The molecule has 200 valence electrons. The fourth-order valence-electron chi connectivity index (χ4n) is 7.07. The van der Waals surface area contributed by atoms with Crippen molar-refractivity contribution in [2.24, 2.45) is 5.41 Å². The molecule has 2 rings (SSSR count). The third-order valence-corrected chi connectivity index (χ3v) is 20.2. The highest BCUT2D eigenvalue weighted by molar-refractivity contribution is 6.77. The summed E-state index contributed by atoms with van der Waals surface area (Å²) in [6.07, 6.45) is 1.68. The van der Waals surface area contributed by atoms with E-state index in [9.17, 15) is 4.79 Å².